The van der Waals surface area contributed by atoms with Crippen LogP contribution in [-0.4, -0.2) is 70.5 Å². The Hall–Kier alpha value is -1.24. The van der Waals surface area contributed by atoms with Gasteiger partial charge in [0.2, 0.25) is 0 Å². The van der Waals surface area contributed by atoms with Crippen molar-refractivity contribution in [2.24, 2.45) is 23.7 Å². The third-order valence-electron chi connectivity index (χ3n) is 6.99. The molecule has 0 aromatic rings. The molecular formula is C32H67BiO8. The van der Waals surface area contributed by atoms with Gasteiger partial charge in [0.1, 0.15) is 0 Å². The van der Waals surface area contributed by atoms with E-state index in [2.05, 4.69) is 27.7 Å². The standard InChI is InChI=1S/4C8H16O2.Bi.3H/c4*1-3-5-6-7(4-2)8(9)10;;;;/h4*7H,3-6H2,1-2H3,(H,9,10);;;;. The van der Waals surface area contributed by atoms with Gasteiger partial charge in [-0.3, -0.25) is 19.2 Å². The van der Waals surface area contributed by atoms with Crippen molar-refractivity contribution in [3.05, 3.63) is 0 Å². The number of carbonyl (C=O) groups is 4. The van der Waals surface area contributed by atoms with Crippen LogP contribution < -0.4 is 0 Å². The molecule has 0 aromatic carbocycles. The van der Waals surface area contributed by atoms with Gasteiger partial charge >= 0.3 is 50.1 Å². The first-order valence-corrected chi connectivity index (χ1v) is 15.8. The van der Waals surface area contributed by atoms with Crippen LogP contribution in [0.1, 0.15) is 158 Å². The first-order valence-electron chi connectivity index (χ1n) is 15.8. The van der Waals surface area contributed by atoms with Gasteiger partial charge in [0.15, 0.2) is 0 Å². The molecule has 9 heteroatoms. The minimum atomic E-state index is -0.643. The molecule has 4 N–H and O–H groups in total. The number of carboxylic acid groups (broad SMARTS) is 4. The second-order valence-electron chi connectivity index (χ2n) is 10.3. The monoisotopic (exact) mass is 788 g/mol. The fraction of sp³-hybridized carbons (Fsp3) is 0.875. The Morgan fingerprint density at radius 3 is 0.610 bits per heavy atom. The van der Waals surface area contributed by atoms with Crippen LogP contribution in [-0.2, 0) is 19.2 Å². The van der Waals surface area contributed by atoms with Crippen molar-refractivity contribution in [1.82, 2.24) is 0 Å². The quantitative estimate of drug-likeness (QED) is 0.0909. The van der Waals surface area contributed by atoms with E-state index in [9.17, 15) is 19.2 Å². The van der Waals surface area contributed by atoms with Crippen molar-refractivity contribution in [2.45, 2.75) is 158 Å². The van der Waals surface area contributed by atoms with Crippen molar-refractivity contribution in [2.75, 3.05) is 0 Å². The topological polar surface area (TPSA) is 149 Å². The Morgan fingerprint density at radius 1 is 0.390 bits per heavy atom. The zero-order chi connectivity index (χ0) is 31.9. The van der Waals surface area contributed by atoms with Gasteiger partial charge in [-0.1, -0.05) is 107 Å². The van der Waals surface area contributed by atoms with E-state index < -0.39 is 23.9 Å². The number of hydrogen-bond donors (Lipinski definition) is 4. The molecule has 248 valence electrons. The second-order valence-corrected chi connectivity index (χ2v) is 10.3. The summed E-state index contributed by atoms with van der Waals surface area (Å²) in [7, 11) is 0. The summed E-state index contributed by atoms with van der Waals surface area (Å²) in [5.74, 6) is -3.02. The van der Waals surface area contributed by atoms with E-state index in [0.29, 0.717) is 0 Å². The van der Waals surface area contributed by atoms with Crippen molar-refractivity contribution in [3.8, 4) is 0 Å². The van der Waals surface area contributed by atoms with Gasteiger partial charge in [0.05, 0.1) is 23.7 Å². The number of rotatable bonds is 20. The molecule has 0 spiro atoms. The summed E-state index contributed by atoms with van der Waals surface area (Å²) in [5.41, 5.74) is 0. The van der Waals surface area contributed by atoms with Gasteiger partial charge in [-0.15, -0.1) is 0 Å². The van der Waals surface area contributed by atoms with Crippen LogP contribution in [0.5, 0.6) is 0 Å². The van der Waals surface area contributed by atoms with Gasteiger partial charge in [-0.25, -0.2) is 0 Å². The second kappa shape index (κ2) is 36.8. The molecule has 0 aliphatic rings. The summed E-state index contributed by atoms with van der Waals surface area (Å²) < 4.78 is 0. The molecule has 0 aliphatic carbocycles. The Bertz CT molecular complexity index is 509. The van der Waals surface area contributed by atoms with Gasteiger partial charge < -0.3 is 20.4 Å². The maximum atomic E-state index is 10.4. The zero-order valence-electron chi connectivity index (χ0n) is 27.8. The summed E-state index contributed by atoms with van der Waals surface area (Å²) >= 11 is 0. The predicted octanol–water partition coefficient (Wildman–Crippen LogP) is 7.97. The van der Waals surface area contributed by atoms with Crippen molar-refractivity contribution in [3.63, 3.8) is 0 Å². The Kier molecular flexibility index (Phi) is 44.4. The van der Waals surface area contributed by atoms with E-state index in [0.717, 1.165) is 103 Å². The molecule has 0 heterocycles. The molecule has 0 aromatic heterocycles. The first kappa shape index (κ1) is 49.4. The Balaban J connectivity index is -0.000000139. The fourth-order valence-electron chi connectivity index (χ4n) is 3.81. The summed E-state index contributed by atoms with van der Waals surface area (Å²) in [5, 5.41) is 34.4. The number of aliphatic carboxylic acids is 4. The van der Waals surface area contributed by atoms with Crippen molar-refractivity contribution >= 4 is 50.1 Å². The van der Waals surface area contributed by atoms with Crippen LogP contribution >= 0.6 is 0 Å². The summed E-state index contributed by atoms with van der Waals surface area (Å²) in [4.78, 5) is 41.7. The van der Waals surface area contributed by atoms with Gasteiger partial charge in [-0.2, -0.15) is 0 Å². The molecule has 0 radical (unpaired) electrons. The van der Waals surface area contributed by atoms with Gasteiger partial charge in [-0.05, 0) is 51.4 Å². The summed E-state index contributed by atoms with van der Waals surface area (Å²) in [6.45, 7) is 16.0. The molecule has 0 saturated carbocycles. The van der Waals surface area contributed by atoms with Crippen molar-refractivity contribution < 1.29 is 39.6 Å². The molecule has 8 nitrogen and oxygen atoms in total. The minimum absolute atomic E-state index is 0. The predicted molar refractivity (Wildman–Crippen MR) is 174 cm³/mol. The molecule has 0 fully saturated rings. The molecule has 4 atom stereocenters. The van der Waals surface area contributed by atoms with Crippen LogP contribution in [0.4, 0.5) is 0 Å². The maximum absolute atomic E-state index is 10.4. The van der Waals surface area contributed by atoms with E-state index in [1.807, 2.05) is 27.7 Å². The fourth-order valence-corrected chi connectivity index (χ4v) is 3.81. The van der Waals surface area contributed by atoms with Crippen LogP contribution in [0.15, 0.2) is 0 Å². The van der Waals surface area contributed by atoms with E-state index in [1.54, 1.807) is 0 Å². The van der Waals surface area contributed by atoms with Gasteiger partial charge in [0, 0.05) is 0 Å². The summed E-state index contributed by atoms with van der Waals surface area (Å²) in [6, 6.07) is 0. The molecular weight excluding hydrogens is 721 g/mol. The SMILES string of the molecule is CCCCC(CC)C(=O)O.CCCCC(CC)C(=O)O.CCCCC(CC)C(=O)O.CCCCC(CC)C(=O)O.[BiH3]. The molecule has 0 aliphatic heterocycles. The van der Waals surface area contributed by atoms with E-state index >= 15 is 0 Å². The first-order chi connectivity index (χ1) is 18.9. The summed E-state index contributed by atoms with van der Waals surface area (Å²) in [6.07, 6.45) is 14.9. The molecule has 41 heavy (non-hydrogen) atoms. The Morgan fingerprint density at radius 2 is 0.537 bits per heavy atom. The van der Waals surface area contributed by atoms with Crippen molar-refractivity contribution in [1.29, 1.82) is 0 Å². The van der Waals surface area contributed by atoms with Gasteiger partial charge in [0.25, 0.3) is 0 Å². The van der Waals surface area contributed by atoms with Crippen LogP contribution in [0.3, 0.4) is 0 Å². The third-order valence-corrected chi connectivity index (χ3v) is 6.99. The average Bonchev–Trinajstić information content (AvgIpc) is 2.91. The normalized spacial score (nSPS) is 12.7. The van der Waals surface area contributed by atoms with Crippen LogP contribution in [0, 0.1) is 23.7 Å². The number of carboxylic acids is 4. The molecule has 0 bridgehead atoms. The number of hydrogen-bond acceptors (Lipinski definition) is 4. The third kappa shape index (κ3) is 34.9. The van der Waals surface area contributed by atoms with Crippen LogP contribution in [0.25, 0.3) is 0 Å². The number of unbranched alkanes of at least 4 members (excludes halogenated alkanes) is 4. The van der Waals surface area contributed by atoms with E-state index in [1.165, 1.54) is 0 Å². The molecule has 0 saturated heterocycles. The van der Waals surface area contributed by atoms with E-state index in [-0.39, 0.29) is 49.9 Å². The zero-order valence-corrected chi connectivity index (χ0v) is 33.2. The molecule has 4 unspecified atom stereocenters. The molecule has 0 rings (SSSR count). The Labute approximate surface area is 270 Å². The molecule has 0 amide bonds. The van der Waals surface area contributed by atoms with E-state index in [4.69, 9.17) is 20.4 Å². The average molecular weight is 789 g/mol. The van der Waals surface area contributed by atoms with Crippen LogP contribution in [0.2, 0.25) is 0 Å².